The average molecular weight is 391 g/mol. The van der Waals surface area contributed by atoms with E-state index in [4.69, 9.17) is 17.3 Å². The Hall–Kier alpha value is -2.94. The van der Waals surface area contributed by atoms with Crippen molar-refractivity contribution in [2.24, 2.45) is 5.73 Å². The van der Waals surface area contributed by atoms with Gasteiger partial charge in [0.2, 0.25) is 0 Å². The minimum absolute atomic E-state index is 0.0427. The maximum absolute atomic E-state index is 11.9. The molecule has 0 radical (unpaired) electrons. The molecular formula is C17H19ClN6O3. The van der Waals surface area contributed by atoms with Crippen LogP contribution in [0.2, 0.25) is 5.02 Å². The van der Waals surface area contributed by atoms with Gasteiger partial charge >= 0.3 is 0 Å². The molecule has 2 aromatic rings. The molecule has 2 N–H and O–H groups in total. The number of rotatable bonds is 4. The fourth-order valence-electron chi connectivity index (χ4n) is 3.14. The molecule has 1 aromatic carbocycles. The van der Waals surface area contributed by atoms with Crippen molar-refractivity contribution in [1.29, 1.82) is 0 Å². The fourth-order valence-corrected chi connectivity index (χ4v) is 3.43. The molecule has 0 spiro atoms. The molecule has 1 aromatic heterocycles. The maximum Gasteiger partial charge on any atom is 0.271 e. The van der Waals surface area contributed by atoms with Crippen LogP contribution in [0.3, 0.4) is 0 Å². The Kier molecular flexibility index (Phi) is 5.13. The van der Waals surface area contributed by atoms with Crippen molar-refractivity contribution in [2.45, 2.75) is 13.8 Å². The molecule has 0 bridgehead atoms. The number of nitro benzene ring substituents is 1. The molecule has 9 nitrogen and oxygen atoms in total. The second kappa shape index (κ2) is 7.36. The van der Waals surface area contributed by atoms with Gasteiger partial charge in [0.25, 0.3) is 11.6 Å². The molecule has 0 aliphatic carbocycles. The summed E-state index contributed by atoms with van der Waals surface area (Å²) in [5.41, 5.74) is 8.04. The van der Waals surface area contributed by atoms with Gasteiger partial charge in [0.15, 0.2) is 5.82 Å². The average Bonchev–Trinajstić information content (AvgIpc) is 2.63. The summed E-state index contributed by atoms with van der Waals surface area (Å²) in [4.78, 5) is 26.3. The first-order valence-corrected chi connectivity index (χ1v) is 8.75. The Balaban J connectivity index is 1.80. The van der Waals surface area contributed by atoms with E-state index in [9.17, 15) is 14.9 Å². The zero-order valence-corrected chi connectivity index (χ0v) is 15.7. The van der Waals surface area contributed by atoms with Crippen LogP contribution in [-0.4, -0.2) is 47.2 Å². The zero-order chi connectivity index (χ0) is 19.7. The number of hydrogen-bond donors (Lipinski definition) is 1. The summed E-state index contributed by atoms with van der Waals surface area (Å²) in [6.45, 7) is 6.00. The van der Waals surface area contributed by atoms with Gasteiger partial charge in [-0.3, -0.25) is 14.9 Å². The minimum atomic E-state index is -0.527. The first-order chi connectivity index (χ1) is 12.8. The first-order valence-electron chi connectivity index (χ1n) is 8.37. The van der Waals surface area contributed by atoms with E-state index in [-0.39, 0.29) is 5.69 Å². The van der Waals surface area contributed by atoms with Crippen LogP contribution in [0, 0.1) is 24.0 Å². The van der Waals surface area contributed by atoms with Gasteiger partial charge in [-0.15, -0.1) is 5.10 Å². The molecule has 1 amide bonds. The van der Waals surface area contributed by atoms with Gasteiger partial charge in [-0.1, -0.05) is 11.6 Å². The van der Waals surface area contributed by atoms with E-state index in [1.54, 1.807) is 19.9 Å². The predicted molar refractivity (Wildman–Crippen MR) is 103 cm³/mol. The van der Waals surface area contributed by atoms with Crippen LogP contribution >= 0.6 is 11.6 Å². The van der Waals surface area contributed by atoms with Gasteiger partial charge in [0, 0.05) is 38.3 Å². The van der Waals surface area contributed by atoms with Gasteiger partial charge in [0.1, 0.15) is 0 Å². The van der Waals surface area contributed by atoms with Gasteiger partial charge in [-0.2, -0.15) is 5.10 Å². The Morgan fingerprint density at radius 3 is 2.37 bits per heavy atom. The lowest BCUT2D eigenvalue weighted by Crippen LogP contribution is -2.47. The molecule has 1 aliphatic heterocycles. The van der Waals surface area contributed by atoms with E-state index < -0.39 is 10.8 Å². The number of non-ortho nitro benzene ring substituents is 1. The molecule has 27 heavy (non-hydrogen) atoms. The summed E-state index contributed by atoms with van der Waals surface area (Å²) < 4.78 is 0. The number of primary amides is 1. The van der Waals surface area contributed by atoms with E-state index in [1.807, 2.05) is 9.80 Å². The highest BCUT2D eigenvalue weighted by Crippen LogP contribution is 2.31. The number of nitrogens with zero attached hydrogens (tertiary/aromatic N) is 5. The SMILES string of the molecule is Cc1nnc(N2CCN(c3ccc([N+](=O)[O-])cc3Cl)CC2)c(C(N)=O)c1C. The number of benzene rings is 1. The van der Waals surface area contributed by atoms with Crippen LogP contribution in [0.1, 0.15) is 21.6 Å². The molecule has 1 fully saturated rings. The second-order valence-corrected chi connectivity index (χ2v) is 6.75. The normalized spacial score (nSPS) is 14.3. The standard InChI is InChI=1S/C17H19ClN6O3/c1-10-11(2)20-21-17(15(10)16(19)25)23-7-5-22(6-8-23)14-4-3-12(24(26)27)9-13(14)18/h3-4,9H,5-8H2,1-2H3,(H2,19,25). The van der Waals surface area contributed by atoms with E-state index in [0.717, 1.165) is 11.3 Å². The third-order valence-corrected chi connectivity index (χ3v) is 5.05. The third kappa shape index (κ3) is 3.63. The Bertz CT molecular complexity index is 912. The fraction of sp³-hybridized carbons (Fsp3) is 0.353. The number of amides is 1. The topological polar surface area (TPSA) is 118 Å². The number of hydrogen-bond acceptors (Lipinski definition) is 7. The second-order valence-electron chi connectivity index (χ2n) is 6.34. The largest absolute Gasteiger partial charge is 0.367 e. The lowest BCUT2D eigenvalue weighted by Gasteiger charge is -2.37. The van der Waals surface area contributed by atoms with Crippen molar-refractivity contribution in [3.05, 3.63) is 50.2 Å². The number of nitrogens with two attached hydrogens (primary N) is 1. The van der Waals surface area contributed by atoms with Gasteiger partial charge < -0.3 is 15.5 Å². The summed E-state index contributed by atoms with van der Waals surface area (Å²) in [5, 5.41) is 19.5. The lowest BCUT2D eigenvalue weighted by atomic mass is 10.1. The molecular weight excluding hydrogens is 372 g/mol. The van der Waals surface area contributed by atoms with E-state index in [0.29, 0.717) is 48.3 Å². The van der Waals surface area contributed by atoms with Crippen molar-refractivity contribution in [3.8, 4) is 0 Å². The van der Waals surface area contributed by atoms with E-state index in [1.165, 1.54) is 12.1 Å². The maximum atomic E-state index is 11.9. The van der Waals surface area contributed by atoms with Crippen molar-refractivity contribution < 1.29 is 9.72 Å². The monoisotopic (exact) mass is 390 g/mol. The number of nitro groups is 1. The number of halogens is 1. The van der Waals surface area contributed by atoms with Crippen LogP contribution in [-0.2, 0) is 0 Å². The summed E-state index contributed by atoms with van der Waals surface area (Å²) in [7, 11) is 0. The quantitative estimate of drug-likeness (QED) is 0.627. The molecule has 0 atom stereocenters. The number of anilines is 2. The number of aryl methyl sites for hydroxylation is 1. The predicted octanol–water partition coefficient (Wildman–Crippen LogP) is 2.08. The summed E-state index contributed by atoms with van der Waals surface area (Å²) in [5.74, 6) is -0.0404. The molecule has 1 saturated heterocycles. The van der Waals surface area contributed by atoms with Crippen LogP contribution in [0.5, 0.6) is 0 Å². The van der Waals surface area contributed by atoms with Crippen molar-refractivity contribution >= 4 is 34.7 Å². The van der Waals surface area contributed by atoms with E-state index in [2.05, 4.69) is 10.2 Å². The molecule has 0 saturated carbocycles. The van der Waals surface area contributed by atoms with Crippen LogP contribution in [0.4, 0.5) is 17.2 Å². The molecule has 142 valence electrons. The summed E-state index contributed by atoms with van der Waals surface area (Å²) in [6, 6.07) is 4.44. The van der Waals surface area contributed by atoms with Crippen molar-refractivity contribution in [2.75, 3.05) is 36.0 Å². The molecule has 2 heterocycles. The third-order valence-electron chi connectivity index (χ3n) is 4.74. The summed E-state index contributed by atoms with van der Waals surface area (Å²) in [6.07, 6.45) is 0. The molecule has 10 heteroatoms. The Morgan fingerprint density at radius 2 is 1.81 bits per heavy atom. The van der Waals surface area contributed by atoms with Crippen molar-refractivity contribution in [3.63, 3.8) is 0 Å². The van der Waals surface area contributed by atoms with Gasteiger partial charge in [-0.05, 0) is 25.5 Å². The molecule has 0 unspecified atom stereocenters. The highest BCUT2D eigenvalue weighted by molar-refractivity contribution is 6.33. The molecule has 1 aliphatic rings. The lowest BCUT2D eigenvalue weighted by molar-refractivity contribution is -0.384. The number of aromatic nitrogens is 2. The Morgan fingerprint density at radius 1 is 1.19 bits per heavy atom. The highest BCUT2D eigenvalue weighted by Gasteiger charge is 2.26. The summed E-state index contributed by atoms with van der Waals surface area (Å²) >= 11 is 6.22. The highest BCUT2D eigenvalue weighted by atomic mass is 35.5. The van der Waals surface area contributed by atoms with Crippen LogP contribution < -0.4 is 15.5 Å². The number of carbonyl (C=O) groups is 1. The molecule has 3 rings (SSSR count). The number of carbonyl (C=O) groups excluding carboxylic acids is 1. The van der Waals surface area contributed by atoms with Gasteiger partial charge in [0.05, 0.1) is 26.9 Å². The first kappa shape index (κ1) is 18.8. The van der Waals surface area contributed by atoms with Crippen LogP contribution in [0.25, 0.3) is 0 Å². The number of piperazine rings is 1. The Labute approximate surface area is 160 Å². The van der Waals surface area contributed by atoms with Crippen LogP contribution in [0.15, 0.2) is 18.2 Å². The van der Waals surface area contributed by atoms with Gasteiger partial charge in [-0.25, -0.2) is 0 Å². The smallest absolute Gasteiger partial charge is 0.271 e. The van der Waals surface area contributed by atoms with Crippen molar-refractivity contribution in [1.82, 2.24) is 10.2 Å². The minimum Gasteiger partial charge on any atom is -0.367 e. The van der Waals surface area contributed by atoms with E-state index >= 15 is 0 Å². The zero-order valence-electron chi connectivity index (χ0n) is 15.0.